The Labute approximate surface area is 157 Å². The van der Waals surface area contributed by atoms with Crippen LogP contribution in [-0.2, 0) is 30.9 Å². The summed E-state index contributed by atoms with van der Waals surface area (Å²) in [7, 11) is 0. The van der Waals surface area contributed by atoms with Gasteiger partial charge in [-0.3, -0.25) is 0 Å². The molecular formula is C17H15Cl2OZr. The molecular weight excluding hydrogens is 382 g/mol. The van der Waals surface area contributed by atoms with E-state index in [2.05, 4.69) is 61.5 Å². The maximum Gasteiger partial charge on any atom is 3.00 e. The zero-order valence-corrected chi connectivity index (χ0v) is 15.6. The molecule has 21 heavy (non-hydrogen) atoms. The van der Waals surface area contributed by atoms with Gasteiger partial charge in [-0.15, -0.1) is 29.7 Å². The standard InChI is InChI=1S/C9H7.C8H8O.2ClH.Zr/c1-2-5-9-7-3-6-8(9)4-1;1-6-2-7-4-9-5-8(7)3-6;;;/h1-7H;2-4H,5H2,1H3;2*1H;/q-1;;;;+3/p-2. The van der Waals surface area contributed by atoms with Crippen molar-refractivity contribution in [3.05, 3.63) is 77.6 Å². The molecule has 0 bridgehead atoms. The Morgan fingerprint density at radius 3 is 2.52 bits per heavy atom. The van der Waals surface area contributed by atoms with E-state index >= 15 is 0 Å². The third-order valence-corrected chi connectivity index (χ3v) is 3.15. The largest absolute Gasteiger partial charge is 3.00 e. The molecule has 0 N–H and O–H groups in total. The van der Waals surface area contributed by atoms with E-state index in [1.807, 2.05) is 6.26 Å². The summed E-state index contributed by atoms with van der Waals surface area (Å²) in [6, 6.07) is 14.7. The first-order valence-corrected chi connectivity index (χ1v) is 6.14. The summed E-state index contributed by atoms with van der Waals surface area (Å²) < 4.78 is 5.08. The van der Waals surface area contributed by atoms with Gasteiger partial charge in [0.05, 0.1) is 6.26 Å². The summed E-state index contributed by atoms with van der Waals surface area (Å²) in [6.07, 6.45) is 6.13. The Morgan fingerprint density at radius 1 is 1.05 bits per heavy atom. The van der Waals surface area contributed by atoms with E-state index < -0.39 is 0 Å². The Bertz CT molecular complexity index is 638. The van der Waals surface area contributed by atoms with Crippen LogP contribution in [0.1, 0.15) is 6.92 Å². The van der Waals surface area contributed by atoms with E-state index in [0.717, 1.165) is 6.61 Å². The molecule has 4 heteroatoms. The Balaban J connectivity index is 0.000000333. The first kappa shape index (κ1) is 20.3. The third kappa shape index (κ3) is 4.92. The predicted molar refractivity (Wildman–Crippen MR) is 75.4 cm³/mol. The second kappa shape index (κ2) is 9.35. The van der Waals surface area contributed by atoms with E-state index in [4.69, 9.17) is 4.74 Å². The van der Waals surface area contributed by atoms with Gasteiger partial charge in [-0.1, -0.05) is 12.1 Å². The van der Waals surface area contributed by atoms with E-state index in [1.165, 1.54) is 27.5 Å². The first-order valence-electron chi connectivity index (χ1n) is 6.14. The molecule has 0 unspecified atom stereocenters. The summed E-state index contributed by atoms with van der Waals surface area (Å²) in [5.41, 5.74) is 3.92. The van der Waals surface area contributed by atoms with Crippen molar-refractivity contribution in [3.8, 4) is 0 Å². The summed E-state index contributed by atoms with van der Waals surface area (Å²) in [6.45, 7) is 2.87. The van der Waals surface area contributed by atoms with Crippen molar-refractivity contribution in [1.29, 1.82) is 0 Å². The SMILES string of the molecule is CC1=CC2=COCC2=C1.[Cl-].[Cl-].[Zr+3].c1ccc2[cH-]ccc2c1. The first-order chi connectivity index (χ1) is 8.83. The minimum Gasteiger partial charge on any atom is -1.00 e. The number of ether oxygens (including phenoxy) is 1. The number of allylic oxidation sites excluding steroid dienone is 3. The van der Waals surface area contributed by atoms with Crippen LogP contribution in [0.15, 0.2) is 77.6 Å². The molecule has 4 rings (SSSR count). The molecule has 2 aromatic carbocycles. The average molecular weight is 397 g/mol. The zero-order valence-electron chi connectivity index (χ0n) is 11.6. The van der Waals surface area contributed by atoms with Crippen LogP contribution in [0.5, 0.6) is 0 Å². The summed E-state index contributed by atoms with van der Waals surface area (Å²) in [5, 5.41) is 2.66. The van der Waals surface area contributed by atoms with Crippen molar-refractivity contribution in [2.24, 2.45) is 0 Å². The zero-order chi connectivity index (χ0) is 12.4. The maximum atomic E-state index is 5.08. The number of benzene rings is 1. The van der Waals surface area contributed by atoms with Crippen molar-refractivity contribution in [2.75, 3.05) is 6.61 Å². The fourth-order valence-corrected chi connectivity index (χ4v) is 2.26. The molecule has 0 aromatic heterocycles. The normalized spacial score (nSPS) is 13.9. The molecule has 1 aliphatic carbocycles. The van der Waals surface area contributed by atoms with E-state index in [0.29, 0.717) is 0 Å². The van der Waals surface area contributed by atoms with Crippen LogP contribution < -0.4 is 24.8 Å². The summed E-state index contributed by atoms with van der Waals surface area (Å²) in [4.78, 5) is 0. The van der Waals surface area contributed by atoms with Crippen molar-refractivity contribution in [1.82, 2.24) is 0 Å². The van der Waals surface area contributed by atoms with Crippen LogP contribution in [0, 0.1) is 0 Å². The predicted octanol–water partition coefficient (Wildman–Crippen LogP) is -1.65. The van der Waals surface area contributed by atoms with Gasteiger partial charge in [0, 0.05) is 5.57 Å². The Kier molecular flexibility index (Phi) is 9.05. The molecule has 0 saturated heterocycles. The molecule has 2 aliphatic rings. The second-order valence-electron chi connectivity index (χ2n) is 4.60. The molecule has 0 spiro atoms. The molecule has 0 amide bonds. The molecule has 0 fully saturated rings. The second-order valence-corrected chi connectivity index (χ2v) is 4.60. The van der Waals surface area contributed by atoms with Crippen LogP contribution in [0.3, 0.4) is 0 Å². The number of halogens is 2. The summed E-state index contributed by atoms with van der Waals surface area (Å²) in [5.74, 6) is 0. The van der Waals surface area contributed by atoms with Gasteiger partial charge in [0.15, 0.2) is 0 Å². The molecule has 1 heterocycles. The quantitative estimate of drug-likeness (QED) is 0.485. The van der Waals surface area contributed by atoms with Gasteiger partial charge in [0.25, 0.3) is 0 Å². The summed E-state index contributed by atoms with van der Waals surface area (Å²) >= 11 is 0. The van der Waals surface area contributed by atoms with Crippen LogP contribution in [0.4, 0.5) is 0 Å². The average Bonchev–Trinajstić information content (AvgIpc) is 3.03. The van der Waals surface area contributed by atoms with Gasteiger partial charge < -0.3 is 29.6 Å². The van der Waals surface area contributed by atoms with E-state index in [-0.39, 0.29) is 51.0 Å². The van der Waals surface area contributed by atoms with Crippen LogP contribution in [-0.4, -0.2) is 6.61 Å². The van der Waals surface area contributed by atoms with E-state index in [9.17, 15) is 0 Å². The third-order valence-electron chi connectivity index (χ3n) is 3.15. The molecule has 0 saturated carbocycles. The maximum absolute atomic E-state index is 5.08. The van der Waals surface area contributed by atoms with Crippen LogP contribution in [0.25, 0.3) is 10.8 Å². The van der Waals surface area contributed by atoms with Gasteiger partial charge in [-0.2, -0.15) is 17.5 Å². The fourth-order valence-electron chi connectivity index (χ4n) is 2.26. The van der Waals surface area contributed by atoms with Crippen molar-refractivity contribution < 1.29 is 55.8 Å². The van der Waals surface area contributed by atoms with Crippen LogP contribution in [0.2, 0.25) is 0 Å². The van der Waals surface area contributed by atoms with Crippen molar-refractivity contribution in [2.45, 2.75) is 6.92 Å². The minimum atomic E-state index is 0. The van der Waals surface area contributed by atoms with Crippen molar-refractivity contribution in [3.63, 3.8) is 0 Å². The topological polar surface area (TPSA) is 9.23 Å². The van der Waals surface area contributed by atoms with Gasteiger partial charge >= 0.3 is 26.2 Å². The smallest absolute Gasteiger partial charge is 1.00 e. The number of hydrogen-bond donors (Lipinski definition) is 0. The van der Waals surface area contributed by atoms with Gasteiger partial charge in [0.2, 0.25) is 0 Å². The number of fused-ring (bicyclic) bond motifs is 2. The molecule has 2 aromatic rings. The molecule has 1 nitrogen and oxygen atoms in total. The van der Waals surface area contributed by atoms with Gasteiger partial charge in [-0.25, -0.2) is 0 Å². The van der Waals surface area contributed by atoms with E-state index in [1.54, 1.807) is 0 Å². The molecule has 1 radical (unpaired) electrons. The van der Waals surface area contributed by atoms with Crippen LogP contribution >= 0.6 is 0 Å². The molecule has 107 valence electrons. The Hall–Kier alpha value is -0.687. The van der Waals surface area contributed by atoms with Crippen molar-refractivity contribution >= 4 is 10.8 Å². The molecule has 1 aliphatic heterocycles. The minimum absolute atomic E-state index is 0. The monoisotopic (exact) mass is 395 g/mol. The number of rotatable bonds is 0. The molecule has 0 atom stereocenters. The van der Waals surface area contributed by atoms with Gasteiger partial charge in [-0.05, 0) is 24.1 Å². The fraction of sp³-hybridized carbons (Fsp3) is 0.118. The Morgan fingerprint density at radius 2 is 1.81 bits per heavy atom. The number of hydrogen-bond acceptors (Lipinski definition) is 1. The van der Waals surface area contributed by atoms with Gasteiger partial charge in [0.1, 0.15) is 6.61 Å².